The SMILES string of the molecule is FC(F)Cn1ncc2ncc(N3CCCC4(C3)CN(c3ccncc3C(F)(F)F)C4)nc21. The number of nitrogens with zero attached hydrogens (tertiary/aromatic N) is 7. The van der Waals surface area contributed by atoms with Gasteiger partial charge in [0.2, 0.25) is 0 Å². The molecule has 0 aromatic carbocycles. The quantitative estimate of drug-likeness (QED) is 0.563. The first-order valence-electron chi connectivity index (χ1n) is 10.2. The summed E-state index contributed by atoms with van der Waals surface area (Å²) >= 11 is 0. The zero-order chi connectivity index (χ0) is 22.5. The molecule has 2 aliphatic heterocycles. The summed E-state index contributed by atoms with van der Waals surface area (Å²) < 4.78 is 66.8. The minimum atomic E-state index is -4.46. The number of aromatic nitrogens is 5. The molecule has 2 aliphatic rings. The molecule has 32 heavy (non-hydrogen) atoms. The molecule has 170 valence electrons. The summed E-state index contributed by atoms with van der Waals surface area (Å²) in [7, 11) is 0. The average molecular weight is 453 g/mol. The molecule has 5 heterocycles. The fourth-order valence-corrected chi connectivity index (χ4v) is 4.73. The predicted octanol–water partition coefficient (Wildman–Crippen LogP) is 3.61. The molecule has 2 fully saturated rings. The summed E-state index contributed by atoms with van der Waals surface area (Å²) in [4.78, 5) is 16.2. The number of alkyl halides is 5. The van der Waals surface area contributed by atoms with Crippen LogP contribution in [0, 0.1) is 5.41 Å². The van der Waals surface area contributed by atoms with Gasteiger partial charge < -0.3 is 9.80 Å². The first kappa shape index (κ1) is 20.8. The molecule has 12 heteroatoms. The molecule has 5 rings (SSSR count). The number of anilines is 2. The van der Waals surface area contributed by atoms with E-state index in [9.17, 15) is 22.0 Å². The predicted molar refractivity (Wildman–Crippen MR) is 107 cm³/mol. The highest BCUT2D eigenvalue weighted by molar-refractivity contribution is 5.71. The number of piperidine rings is 1. The molecule has 0 saturated carbocycles. The zero-order valence-electron chi connectivity index (χ0n) is 16.9. The lowest BCUT2D eigenvalue weighted by atomic mass is 9.73. The average Bonchev–Trinajstić information content (AvgIpc) is 3.13. The number of fused-ring (bicyclic) bond motifs is 1. The van der Waals surface area contributed by atoms with Crippen molar-refractivity contribution in [2.24, 2.45) is 5.41 Å². The number of hydrogen-bond donors (Lipinski definition) is 0. The third-order valence-corrected chi connectivity index (χ3v) is 6.13. The van der Waals surface area contributed by atoms with Crippen LogP contribution in [-0.2, 0) is 12.7 Å². The summed E-state index contributed by atoms with van der Waals surface area (Å²) in [5.41, 5.74) is -0.0133. The van der Waals surface area contributed by atoms with Gasteiger partial charge in [-0.2, -0.15) is 18.3 Å². The van der Waals surface area contributed by atoms with E-state index in [-0.39, 0.29) is 11.1 Å². The van der Waals surface area contributed by atoms with Gasteiger partial charge in [0.15, 0.2) is 5.65 Å². The second-order valence-electron chi connectivity index (χ2n) is 8.43. The summed E-state index contributed by atoms with van der Waals surface area (Å²) in [5, 5.41) is 3.94. The van der Waals surface area contributed by atoms with Crippen LogP contribution in [0.3, 0.4) is 0 Å². The summed E-state index contributed by atoms with van der Waals surface area (Å²) in [6.45, 7) is 1.76. The molecule has 2 saturated heterocycles. The van der Waals surface area contributed by atoms with Crippen LogP contribution in [0.1, 0.15) is 18.4 Å². The third kappa shape index (κ3) is 3.71. The van der Waals surface area contributed by atoms with E-state index < -0.39 is 24.7 Å². The van der Waals surface area contributed by atoms with E-state index in [1.807, 2.05) is 4.90 Å². The lowest BCUT2D eigenvalue weighted by Crippen LogP contribution is -2.63. The van der Waals surface area contributed by atoms with Crippen molar-refractivity contribution in [2.75, 3.05) is 36.0 Å². The largest absolute Gasteiger partial charge is 0.419 e. The van der Waals surface area contributed by atoms with Crippen molar-refractivity contribution >= 4 is 22.7 Å². The number of rotatable bonds is 4. The zero-order valence-corrected chi connectivity index (χ0v) is 16.9. The Bertz CT molecular complexity index is 1120. The van der Waals surface area contributed by atoms with Crippen LogP contribution in [0.4, 0.5) is 33.5 Å². The number of hydrogen-bond acceptors (Lipinski definition) is 6. The Labute approximate surface area is 179 Å². The lowest BCUT2D eigenvalue weighted by Gasteiger charge is -2.56. The maximum absolute atomic E-state index is 13.4. The van der Waals surface area contributed by atoms with E-state index in [0.717, 1.165) is 23.7 Å². The molecule has 1 spiro atoms. The van der Waals surface area contributed by atoms with Crippen molar-refractivity contribution in [2.45, 2.75) is 32.0 Å². The van der Waals surface area contributed by atoms with Crippen LogP contribution in [0.5, 0.6) is 0 Å². The maximum Gasteiger partial charge on any atom is 0.419 e. The molecule has 0 unspecified atom stereocenters. The Morgan fingerprint density at radius 2 is 1.84 bits per heavy atom. The van der Waals surface area contributed by atoms with E-state index in [1.54, 1.807) is 11.1 Å². The fraction of sp³-hybridized carbons (Fsp3) is 0.500. The Hall–Kier alpha value is -3.05. The Kier molecular flexibility index (Phi) is 4.90. The van der Waals surface area contributed by atoms with Gasteiger partial charge >= 0.3 is 6.18 Å². The smallest absolute Gasteiger partial charge is 0.370 e. The molecule has 0 N–H and O–H groups in total. The lowest BCUT2D eigenvalue weighted by molar-refractivity contribution is -0.137. The van der Waals surface area contributed by atoms with Crippen molar-refractivity contribution in [1.82, 2.24) is 24.7 Å². The first-order valence-corrected chi connectivity index (χ1v) is 10.2. The van der Waals surface area contributed by atoms with Crippen LogP contribution in [0.25, 0.3) is 11.2 Å². The molecule has 0 amide bonds. The molecule has 3 aromatic rings. The van der Waals surface area contributed by atoms with Crippen LogP contribution in [0.2, 0.25) is 0 Å². The first-order chi connectivity index (χ1) is 15.2. The Balaban J connectivity index is 1.34. The van der Waals surface area contributed by atoms with E-state index in [1.165, 1.54) is 18.5 Å². The van der Waals surface area contributed by atoms with Gasteiger partial charge in [-0.15, -0.1) is 0 Å². The van der Waals surface area contributed by atoms with E-state index in [2.05, 4.69) is 20.1 Å². The second-order valence-corrected chi connectivity index (χ2v) is 8.43. The van der Waals surface area contributed by atoms with Crippen molar-refractivity contribution in [1.29, 1.82) is 0 Å². The molecule has 3 aromatic heterocycles. The van der Waals surface area contributed by atoms with Crippen molar-refractivity contribution in [3.8, 4) is 0 Å². The van der Waals surface area contributed by atoms with Gasteiger partial charge in [-0.25, -0.2) is 23.4 Å². The second kappa shape index (κ2) is 7.52. The highest BCUT2D eigenvalue weighted by Gasteiger charge is 2.48. The van der Waals surface area contributed by atoms with Crippen molar-refractivity contribution in [3.05, 3.63) is 36.4 Å². The van der Waals surface area contributed by atoms with E-state index >= 15 is 0 Å². The van der Waals surface area contributed by atoms with Gasteiger partial charge in [-0.05, 0) is 18.9 Å². The van der Waals surface area contributed by atoms with E-state index in [0.29, 0.717) is 43.2 Å². The van der Waals surface area contributed by atoms with Gasteiger partial charge in [0, 0.05) is 44.0 Å². The fourth-order valence-electron chi connectivity index (χ4n) is 4.73. The van der Waals surface area contributed by atoms with Gasteiger partial charge in [0.25, 0.3) is 6.43 Å². The molecule has 0 aliphatic carbocycles. The van der Waals surface area contributed by atoms with Crippen LogP contribution >= 0.6 is 0 Å². The van der Waals surface area contributed by atoms with Crippen molar-refractivity contribution in [3.63, 3.8) is 0 Å². The highest BCUT2D eigenvalue weighted by atomic mass is 19.4. The number of halogens is 5. The van der Waals surface area contributed by atoms with Crippen LogP contribution in [-0.4, -0.2) is 57.3 Å². The third-order valence-electron chi connectivity index (χ3n) is 6.13. The van der Waals surface area contributed by atoms with Crippen molar-refractivity contribution < 1.29 is 22.0 Å². The summed E-state index contributed by atoms with van der Waals surface area (Å²) in [6, 6.07) is 1.40. The minimum absolute atomic E-state index is 0.146. The molecule has 0 atom stereocenters. The minimum Gasteiger partial charge on any atom is -0.370 e. The molecule has 7 nitrogen and oxygen atoms in total. The van der Waals surface area contributed by atoms with Gasteiger partial charge in [-0.3, -0.25) is 4.98 Å². The van der Waals surface area contributed by atoms with Crippen LogP contribution < -0.4 is 9.80 Å². The standard InChI is InChI=1S/C20H20F5N7/c21-16(22)9-32-18-14(7-28-32)27-8-17(29-18)30-5-1-3-19(10-30)11-31(12-19)15-2-4-26-6-13(15)20(23,24)25/h2,4,6-8,16H,1,3,5,9-12H2. The van der Waals surface area contributed by atoms with Gasteiger partial charge in [0.05, 0.1) is 23.6 Å². The normalized spacial score (nSPS) is 18.6. The Morgan fingerprint density at radius 3 is 2.59 bits per heavy atom. The van der Waals surface area contributed by atoms with E-state index in [4.69, 9.17) is 0 Å². The van der Waals surface area contributed by atoms with Crippen LogP contribution in [0.15, 0.2) is 30.9 Å². The summed E-state index contributed by atoms with van der Waals surface area (Å²) in [6.07, 6.45) is -0.0384. The maximum atomic E-state index is 13.4. The Morgan fingerprint density at radius 1 is 1.06 bits per heavy atom. The van der Waals surface area contributed by atoms with Gasteiger partial charge in [-0.1, -0.05) is 0 Å². The molecule has 0 bridgehead atoms. The molecule has 0 radical (unpaired) electrons. The molecular weight excluding hydrogens is 433 g/mol. The van der Waals surface area contributed by atoms with Gasteiger partial charge in [0.1, 0.15) is 17.9 Å². The topological polar surface area (TPSA) is 63.0 Å². The monoisotopic (exact) mass is 453 g/mol. The summed E-state index contributed by atoms with van der Waals surface area (Å²) in [5.74, 6) is 0.561. The molecular formula is C20H20F5N7. The number of pyridine rings is 1. The highest BCUT2D eigenvalue weighted by Crippen LogP contribution is 2.45.